The Kier molecular flexibility index (Phi) is 3.68. The Morgan fingerprint density at radius 3 is 1.53 bits per heavy atom. The molecule has 0 saturated heterocycles. The summed E-state index contributed by atoms with van der Waals surface area (Å²) in [4.78, 5) is 31.5. The number of rotatable bonds is 4. The van der Waals surface area contributed by atoms with Gasteiger partial charge in [-0.25, -0.2) is 19.6 Å². The molecule has 2 unspecified atom stereocenters. The maximum atomic E-state index is 11.6. The number of hydrogen-bond donors (Lipinski definition) is 0. The Hall–Kier alpha value is -1.72. The lowest BCUT2D eigenvalue weighted by Crippen LogP contribution is -2.21. The first-order chi connectivity index (χ1) is 8.88. The van der Waals surface area contributed by atoms with Gasteiger partial charge in [-0.3, -0.25) is 0 Å². The van der Waals surface area contributed by atoms with Crippen LogP contribution in [0.3, 0.4) is 0 Å². The lowest BCUT2D eigenvalue weighted by atomic mass is 10.1. The minimum Gasteiger partial charge on any atom is -0.410 e. The van der Waals surface area contributed by atoms with Crippen molar-refractivity contribution in [3.8, 4) is 0 Å². The summed E-state index contributed by atoms with van der Waals surface area (Å²) in [5, 5.41) is 0. The molecule has 0 aromatic rings. The maximum Gasteiger partial charge on any atom is 0.337 e. The topological polar surface area (TPSA) is 77.3 Å². The number of carbonyl (C=O) groups excluding carboxylic acids is 2. The van der Waals surface area contributed by atoms with Crippen molar-refractivity contribution in [1.29, 1.82) is 0 Å². The molecule has 2 atom stereocenters. The molecule has 0 N–H and O–H groups in total. The molecule has 19 heavy (non-hydrogen) atoms. The first-order valence-electron chi connectivity index (χ1n) is 6.45. The first-order valence-corrected chi connectivity index (χ1v) is 6.45. The van der Waals surface area contributed by atoms with E-state index in [0.29, 0.717) is 0 Å². The minimum absolute atomic E-state index is 0.0847. The zero-order chi connectivity index (χ0) is 14.2. The lowest BCUT2D eigenvalue weighted by molar-refractivity contribution is -0.136. The third-order valence-electron chi connectivity index (χ3n) is 3.05. The number of cyclic esters (lactones) is 2. The minimum atomic E-state index is -0.464. The summed E-state index contributed by atoms with van der Waals surface area (Å²) in [6.45, 7) is 7.61. The Morgan fingerprint density at radius 1 is 0.895 bits per heavy atom. The largest absolute Gasteiger partial charge is 0.410 e. The summed E-state index contributed by atoms with van der Waals surface area (Å²) >= 11 is 0. The van der Waals surface area contributed by atoms with Crippen molar-refractivity contribution in [2.24, 2.45) is 21.8 Å². The molecule has 0 amide bonds. The normalized spacial score (nSPS) is 26.6. The third-order valence-corrected chi connectivity index (χ3v) is 3.05. The number of carbonyl (C=O) groups is 2. The molecule has 0 bridgehead atoms. The van der Waals surface area contributed by atoms with Crippen LogP contribution in [0.25, 0.3) is 0 Å². The third kappa shape index (κ3) is 2.83. The molecular formula is C13H18N2O4. The van der Waals surface area contributed by atoms with Crippen LogP contribution in [0, 0.1) is 11.8 Å². The SMILES string of the molecule is CC(C)C1N=C(CC2=NC(C(C)C)C(=O)O2)OC1=O. The lowest BCUT2D eigenvalue weighted by Gasteiger charge is -2.04. The van der Waals surface area contributed by atoms with Crippen molar-refractivity contribution >= 4 is 23.7 Å². The average Bonchev–Trinajstić information content (AvgIpc) is 2.82. The van der Waals surface area contributed by atoms with Crippen molar-refractivity contribution < 1.29 is 19.1 Å². The van der Waals surface area contributed by atoms with E-state index >= 15 is 0 Å². The molecule has 0 spiro atoms. The predicted octanol–water partition coefficient (Wildman–Crippen LogP) is 1.34. The summed E-state index contributed by atoms with van der Waals surface area (Å²) < 4.78 is 10.1. The van der Waals surface area contributed by atoms with Crippen LogP contribution >= 0.6 is 0 Å². The van der Waals surface area contributed by atoms with E-state index in [9.17, 15) is 9.59 Å². The van der Waals surface area contributed by atoms with Crippen LogP contribution in [0.2, 0.25) is 0 Å². The van der Waals surface area contributed by atoms with E-state index in [-0.39, 0.29) is 42.0 Å². The molecule has 6 heteroatoms. The van der Waals surface area contributed by atoms with Gasteiger partial charge in [0.1, 0.15) is 6.42 Å². The number of esters is 2. The van der Waals surface area contributed by atoms with Crippen LogP contribution in [-0.4, -0.2) is 35.8 Å². The molecule has 2 rings (SSSR count). The standard InChI is InChI=1S/C13H18N2O4/c1-6(2)10-12(16)18-8(14-10)5-9-15-11(7(3)4)13(17)19-9/h6-7,10-11H,5H2,1-4H3. The maximum absolute atomic E-state index is 11.6. The van der Waals surface area contributed by atoms with Crippen LogP contribution in [0.4, 0.5) is 0 Å². The van der Waals surface area contributed by atoms with Gasteiger partial charge in [0.25, 0.3) is 0 Å². The molecule has 2 aliphatic rings. The molecular weight excluding hydrogens is 248 g/mol. The van der Waals surface area contributed by atoms with Gasteiger partial charge in [0, 0.05) is 0 Å². The smallest absolute Gasteiger partial charge is 0.337 e. The zero-order valence-electron chi connectivity index (χ0n) is 11.5. The number of ether oxygens (including phenoxy) is 2. The summed E-state index contributed by atoms with van der Waals surface area (Å²) in [5.41, 5.74) is 0. The Morgan fingerprint density at radius 2 is 1.26 bits per heavy atom. The summed E-state index contributed by atoms with van der Waals surface area (Å²) in [6, 6.07) is -0.929. The van der Waals surface area contributed by atoms with E-state index in [2.05, 4.69) is 9.98 Å². The molecule has 6 nitrogen and oxygen atoms in total. The van der Waals surface area contributed by atoms with Crippen LogP contribution in [-0.2, 0) is 19.1 Å². The van der Waals surface area contributed by atoms with Gasteiger partial charge in [-0.05, 0) is 11.8 Å². The van der Waals surface area contributed by atoms with Crippen molar-refractivity contribution in [1.82, 2.24) is 0 Å². The fourth-order valence-electron chi connectivity index (χ4n) is 1.96. The van der Waals surface area contributed by atoms with Crippen molar-refractivity contribution in [2.45, 2.75) is 46.2 Å². The van der Waals surface area contributed by atoms with Gasteiger partial charge in [0.05, 0.1) is 0 Å². The monoisotopic (exact) mass is 266 g/mol. The molecule has 0 saturated carbocycles. The van der Waals surface area contributed by atoms with E-state index in [1.807, 2.05) is 27.7 Å². The van der Waals surface area contributed by atoms with Gasteiger partial charge in [0.2, 0.25) is 11.8 Å². The van der Waals surface area contributed by atoms with Gasteiger partial charge in [-0.2, -0.15) is 0 Å². The van der Waals surface area contributed by atoms with Gasteiger partial charge in [-0.15, -0.1) is 0 Å². The molecule has 2 aliphatic heterocycles. The molecule has 2 heterocycles. The van der Waals surface area contributed by atoms with Gasteiger partial charge >= 0.3 is 11.9 Å². The second-order valence-corrected chi connectivity index (χ2v) is 5.44. The highest BCUT2D eigenvalue weighted by Crippen LogP contribution is 2.20. The summed E-state index contributed by atoms with van der Waals surface area (Å²) in [7, 11) is 0. The van der Waals surface area contributed by atoms with Gasteiger partial charge in [-0.1, -0.05) is 27.7 Å². The van der Waals surface area contributed by atoms with Crippen molar-refractivity contribution in [2.75, 3.05) is 0 Å². The van der Waals surface area contributed by atoms with E-state index in [4.69, 9.17) is 9.47 Å². The van der Waals surface area contributed by atoms with Crippen LogP contribution < -0.4 is 0 Å². The highest BCUT2D eigenvalue weighted by Gasteiger charge is 2.36. The highest BCUT2D eigenvalue weighted by molar-refractivity contribution is 6.09. The Bertz CT molecular complexity index is 423. The van der Waals surface area contributed by atoms with Gasteiger partial charge in [0.15, 0.2) is 12.1 Å². The molecule has 0 aromatic carbocycles. The van der Waals surface area contributed by atoms with Crippen LogP contribution in [0.1, 0.15) is 34.1 Å². The molecule has 0 radical (unpaired) electrons. The predicted molar refractivity (Wildman–Crippen MR) is 68.9 cm³/mol. The Labute approximate surface area is 111 Å². The number of aliphatic imine (C=N–C) groups is 2. The fraction of sp³-hybridized carbons (Fsp3) is 0.692. The molecule has 0 aromatic heterocycles. The van der Waals surface area contributed by atoms with Crippen molar-refractivity contribution in [3.05, 3.63) is 0 Å². The Balaban J connectivity index is 2.04. The molecule has 0 fully saturated rings. The highest BCUT2D eigenvalue weighted by atomic mass is 16.6. The van der Waals surface area contributed by atoms with E-state index < -0.39 is 12.1 Å². The number of hydrogen-bond acceptors (Lipinski definition) is 6. The van der Waals surface area contributed by atoms with Crippen molar-refractivity contribution in [3.63, 3.8) is 0 Å². The average molecular weight is 266 g/mol. The summed E-state index contributed by atoms with van der Waals surface area (Å²) in [6.07, 6.45) is 0.157. The van der Waals surface area contributed by atoms with Crippen LogP contribution in [0.15, 0.2) is 9.98 Å². The summed E-state index contributed by atoms with van der Waals surface area (Å²) in [5.74, 6) is 0.0212. The zero-order valence-corrected chi connectivity index (χ0v) is 11.5. The second kappa shape index (κ2) is 5.11. The fourth-order valence-corrected chi connectivity index (χ4v) is 1.96. The van der Waals surface area contributed by atoms with E-state index in [0.717, 1.165) is 0 Å². The van der Waals surface area contributed by atoms with E-state index in [1.165, 1.54) is 0 Å². The molecule has 0 aliphatic carbocycles. The number of nitrogens with zero attached hydrogens (tertiary/aromatic N) is 2. The first kappa shape index (κ1) is 13.7. The second-order valence-electron chi connectivity index (χ2n) is 5.44. The van der Waals surface area contributed by atoms with Gasteiger partial charge < -0.3 is 9.47 Å². The quantitative estimate of drug-likeness (QED) is 0.719. The van der Waals surface area contributed by atoms with Crippen LogP contribution in [0.5, 0.6) is 0 Å². The van der Waals surface area contributed by atoms with E-state index in [1.54, 1.807) is 0 Å². The molecule has 104 valence electrons.